The van der Waals surface area contributed by atoms with Gasteiger partial charge in [-0.3, -0.25) is 0 Å². The number of carbonyl (C=O) groups is 1. The van der Waals surface area contributed by atoms with Gasteiger partial charge in [0.25, 0.3) is 4.52 Å². The standard InChI is InChI=1S/C8H8Cl6O2/c1-4(2)6(15)16-8(13,14)5(9)3-7(10,11)12/h5H,1,3H2,2H3. The van der Waals surface area contributed by atoms with Crippen LogP contribution in [0.4, 0.5) is 0 Å². The number of hydrogen-bond acceptors (Lipinski definition) is 2. The van der Waals surface area contributed by atoms with Crippen LogP contribution in [-0.4, -0.2) is 19.7 Å². The number of ether oxygens (including phenoxy) is 1. The second-order valence-corrected chi connectivity index (χ2v) is 7.38. The van der Waals surface area contributed by atoms with Gasteiger partial charge in [0, 0.05) is 12.0 Å². The molecule has 0 spiro atoms. The third-order valence-corrected chi connectivity index (χ3v) is 3.18. The number of esters is 1. The maximum absolute atomic E-state index is 11.2. The van der Waals surface area contributed by atoms with E-state index in [1.165, 1.54) is 6.92 Å². The van der Waals surface area contributed by atoms with Crippen LogP contribution in [0.5, 0.6) is 0 Å². The van der Waals surface area contributed by atoms with Gasteiger partial charge in [-0.05, 0) is 6.92 Å². The highest BCUT2D eigenvalue weighted by atomic mass is 35.6. The summed E-state index contributed by atoms with van der Waals surface area (Å²) in [5, 5.41) is -1.08. The molecule has 0 fully saturated rings. The highest BCUT2D eigenvalue weighted by molar-refractivity contribution is 6.67. The summed E-state index contributed by atoms with van der Waals surface area (Å²) in [4.78, 5) is 11.2. The average Bonchev–Trinajstić information content (AvgIpc) is 1.99. The zero-order valence-corrected chi connectivity index (χ0v) is 12.6. The van der Waals surface area contributed by atoms with Gasteiger partial charge >= 0.3 is 5.97 Å². The number of alkyl halides is 6. The highest BCUT2D eigenvalue weighted by Crippen LogP contribution is 2.41. The molecule has 0 N–H and O–H groups in total. The minimum atomic E-state index is -1.98. The van der Waals surface area contributed by atoms with E-state index in [1.807, 2.05) is 0 Å². The summed E-state index contributed by atoms with van der Waals surface area (Å²) in [6.45, 7) is 4.79. The molecule has 1 unspecified atom stereocenters. The first-order valence-corrected chi connectivity index (χ1v) is 6.26. The van der Waals surface area contributed by atoms with Gasteiger partial charge in [-0.1, -0.05) is 64.6 Å². The first-order valence-electron chi connectivity index (χ1n) is 3.93. The molecule has 0 rings (SSSR count). The lowest BCUT2D eigenvalue weighted by molar-refractivity contribution is -0.142. The van der Waals surface area contributed by atoms with E-state index in [0.29, 0.717) is 0 Å². The Balaban J connectivity index is 4.54. The largest absolute Gasteiger partial charge is 0.424 e. The van der Waals surface area contributed by atoms with E-state index >= 15 is 0 Å². The van der Waals surface area contributed by atoms with Crippen molar-refractivity contribution in [2.45, 2.75) is 27.0 Å². The van der Waals surface area contributed by atoms with Crippen LogP contribution in [0.1, 0.15) is 13.3 Å². The average molecular weight is 349 g/mol. The smallest absolute Gasteiger partial charge is 0.335 e. The van der Waals surface area contributed by atoms with Crippen molar-refractivity contribution in [1.82, 2.24) is 0 Å². The van der Waals surface area contributed by atoms with Crippen molar-refractivity contribution in [2.75, 3.05) is 0 Å². The predicted molar refractivity (Wildman–Crippen MR) is 69.9 cm³/mol. The van der Waals surface area contributed by atoms with Crippen LogP contribution in [0.25, 0.3) is 0 Å². The first-order chi connectivity index (χ1) is 6.96. The molecule has 8 heteroatoms. The summed E-state index contributed by atoms with van der Waals surface area (Å²) >= 11 is 33.7. The summed E-state index contributed by atoms with van der Waals surface area (Å²) in [7, 11) is 0. The second-order valence-electron chi connectivity index (χ2n) is 3.02. The van der Waals surface area contributed by atoms with Crippen LogP contribution in [0.15, 0.2) is 12.2 Å². The summed E-state index contributed by atoms with van der Waals surface area (Å²) < 4.78 is 1.07. The molecule has 0 aliphatic heterocycles. The molecule has 1 atom stereocenters. The lowest BCUT2D eigenvalue weighted by Gasteiger charge is -2.27. The summed E-state index contributed by atoms with van der Waals surface area (Å²) in [6.07, 6.45) is -0.185. The van der Waals surface area contributed by atoms with E-state index < -0.39 is 19.7 Å². The Kier molecular flexibility index (Phi) is 6.58. The predicted octanol–water partition coefficient (Wildman–Crippen LogP) is 4.60. The lowest BCUT2D eigenvalue weighted by Crippen LogP contribution is -2.35. The third kappa shape index (κ3) is 6.63. The van der Waals surface area contributed by atoms with Gasteiger partial charge in [0.2, 0.25) is 0 Å². The molecule has 94 valence electrons. The van der Waals surface area contributed by atoms with Crippen LogP contribution >= 0.6 is 69.6 Å². The Labute approximate surface area is 124 Å². The normalized spacial score (nSPS) is 14.4. The number of halogens is 6. The molecule has 0 aliphatic carbocycles. The van der Waals surface area contributed by atoms with Crippen molar-refractivity contribution in [3.63, 3.8) is 0 Å². The maximum Gasteiger partial charge on any atom is 0.335 e. The van der Waals surface area contributed by atoms with Gasteiger partial charge in [0.1, 0.15) is 5.38 Å². The lowest BCUT2D eigenvalue weighted by atomic mass is 10.3. The molecule has 0 radical (unpaired) electrons. The fraction of sp³-hybridized carbons (Fsp3) is 0.625. The van der Waals surface area contributed by atoms with Crippen molar-refractivity contribution in [1.29, 1.82) is 0 Å². The zero-order valence-electron chi connectivity index (χ0n) is 8.08. The molecule has 0 saturated heterocycles. The molecule has 0 amide bonds. The molecular weight excluding hydrogens is 341 g/mol. The van der Waals surface area contributed by atoms with Crippen LogP contribution in [0.2, 0.25) is 0 Å². The van der Waals surface area contributed by atoms with Crippen molar-refractivity contribution < 1.29 is 9.53 Å². The van der Waals surface area contributed by atoms with Gasteiger partial charge in [0.05, 0.1) is 0 Å². The third-order valence-electron chi connectivity index (χ3n) is 1.35. The Morgan fingerprint density at radius 1 is 1.31 bits per heavy atom. The molecule has 0 bridgehead atoms. The minimum absolute atomic E-state index is 0.128. The van der Waals surface area contributed by atoms with E-state index in [0.717, 1.165) is 0 Å². The summed E-state index contributed by atoms with van der Waals surface area (Å²) in [6, 6.07) is 0. The Morgan fingerprint density at radius 3 is 2.06 bits per heavy atom. The molecule has 2 nitrogen and oxygen atoms in total. The summed E-state index contributed by atoms with van der Waals surface area (Å²) in [5.41, 5.74) is 0.128. The van der Waals surface area contributed by atoms with E-state index in [9.17, 15) is 4.79 Å². The van der Waals surface area contributed by atoms with Crippen LogP contribution in [0, 0.1) is 0 Å². The highest BCUT2D eigenvalue weighted by Gasteiger charge is 2.42. The van der Waals surface area contributed by atoms with Gasteiger partial charge in [-0.2, -0.15) is 0 Å². The van der Waals surface area contributed by atoms with E-state index in [4.69, 9.17) is 74.3 Å². The second kappa shape index (κ2) is 6.21. The maximum atomic E-state index is 11.2. The molecule has 0 aromatic rings. The van der Waals surface area contributed by atoms with Crippen LogP contribution in [-0.2, 0) is 9.53 Å². The van der Waals surface area contributed by atoms with Crippen molar-refractivity contribution in [3.8, 4) is 0 Å². The van der Waals surface area contributed by atoms with E-state index in [2.05, 4.69) is 6.58 Å². The van der Waals surface area contributed by atoms with Gasteiger partial charge < -0.3 is 4.74 Å². The topological polar surface area (TPSA) is 26.3 Å². The molecule has 0 heterocycles. The zero-order chi connectivity index (χ0) is 13.1. The quantitative estimate of drug-likeness (QED) is 0.421. The number of hydrogen-bond donors (Lipinski definition) is 0. The van der Waals surface area contributed by atoms with Crippen molar-refractivity contribution >= 4 is 75.6 Å². The number of rotatable bonds is 4. The van der Waals surface area contributed by atoms with Gasteiger partial charge in [0.15, 0.2) is 3.79 Å². The molecule has 0 saturated carbocycles. The van der Waals surface area contributed by atoms with Crippen molar-refractivity contribution in [2.24, 2.45) is 0 Å². The van der Waals surface area contributed by atoms with Crippen molar-refractivity contribution in [3.05, 3.63) is 12.2 Å². The molecule has 0 aliphatic rings. The van der Waals surface area contributed by atoms with E-state index in [1.54, 1.807) is 0 Å². The summed E-state index contributed by atoms with van der Waals surface area (Å²) in [5.74, 6) is -0.778. The van der Waals surface area contributed by atoms with Crippen LogP contribution in [0.3, 0.4) is 0 Å². The fourth-order valence-electron chi connectivity index (χ4n) is 0.597. The molecule has 0 aromatic heterocycles. The molecular formula is C8H8Cl6O2. The van der Waals surface area contributed by atoms with Gasteiger partial charge in [-0.25, -0.2) is 4.79 Å². The minimum Gasteiger partial charge on any atom is -0.424 e. The molecule has 0 aromatic carbocycles. The first kappa shape index (κ1) is 16.9. The van der Waals surface area contributed by atoms with E-state index in [-0.39, 0.29) is 12.0 Å². The Hall–Kier alpha value is 0.950. The Bertz CT molecular complexity index is 283. The monoisotopic (exact) mass is 346 g/mol. The fourth-order valence-corrected chi connectivity index (χ4v) is 1.87. The molecule has 16 heavy (non-hydrogen) atoms. The number of carbonyl (C=O) groups excluding carboxylic acids is 1. The van der Waals surface area contributed by atoms with Crippen LogP contribution < -0.4 is 0 Å². The SMILES string of the molecule is C=C(C)C(=O)OC(Cl)(Cl)C(Cl)CC(Cl)(Cl)Cl. The Morgan fingerprint density at radius 2 is 1.75 bits per heavy atom. The van der Waals surface area contributed by atoms with Gasteiger partial charge in [-0.15, -0.1) is 11.6 Å².